The van der Waals surface area contributed by atoms with Gasteiger partial charge in [-0.15, -0.1) is 22.7 Å². The summed E-state index contributed by atoms with van der Waals surface area (Å²) in [4.78, 5) is 134. The molecule has 0 saturated heterocycles. The van der Waals surface area contributed by atoms with Gasteiger partial charge in [0.15, 0.2) is 10.3 Å². The van der Waals surface area contributed by atoms with Crippen molar-refractivity contribution in [3.63, 3.8) is 0 Å². The van der Waals surface area contributed by atoms with E-state index in [2.05, 4.69) is 40.0 Å². The molecule has 1 saturated carbocycles. The first-order valence-electron chi connectivity index (χ1n) is 32.6. The van der Waals surface area contributed by atoms with E-state index in [4.69, 9.17) is 26.0 Å². The number of pyridine rings is 4. The molecule has 4 aliphatic rings. The largest absolute Gasteiger partial charge is 0.478 e. The average molecular weight is 1370 g/mol. The number of nitrogen functional groups attached to an aromatic ring is 2. The van der Waals surface area contributed by atoms with Crippen LogP contribution in [0.3, 0.4) is 0 Å². The number of fused-ring (bicyclic) bond motifs is 6. The van der Waals surface area contributed by atoms with E-state index in [1.807, 2.05) is 27.7 Å². The molecule has 0 aliphatic heterocycles. The van der Waals surface area contributed by atoms with Gasteiger partial charge < -0.3 is 30.8 Å². The first-order valence-corrected chi connectivity index (χ1v) is 34.3. The number of carbonyl (C=O) groups is 6. The van der Waals surface area contributed by atoms with Crippen LogP contribution in [0.5, 0.6) is 0 Å². The second-order valence-electron chi connectivity index (χ2n) is 22.8. The number of thiazole rings is 2. The van der Waals surface area contributed by atoms with Crippen LogP contribution in [0.2, 0.25) is 0 Å². The Morgan fingerprint density at radius 3 is 1.42 bits per heavy atom. The number of ether oxygens (including phenoxy) is 3. The molecule has 1 fully saturated rings. The molecule has 9 aromatic rings. The van der Waals surface area contributed by atoms with Crippen molar-refractivity contribution >= 4 is 91.3 Å². The van der Waals surface area contributed by atoms with Crippen molar-refractivity contribution in [1.29, 1.82) is 0 Å². The number of hydrogen-bond donors (Lipinski definition) is 4. The highest BCUT2D eigenvalue weighted by atomic mass is 32.1. The van der Waals surface area contributed by atoms with Crippen LogP contribution in [-0.2, 0) is 62.3 Å². The van der Waals surface area contributed by atoms with Gasteiger partial charge in [-0.25, -0.2) is 44.3 Å². The molecule has 6 N–H and O–H groups in total. The molecule has 514 valence electrons. The average Bonchev–Trinajstić information content (AvgIpc) is 1.57. The third-order valence-corrected chi connectivity index (χ3v) is 17.6. The quantitative estimate of drug-likeness (QED) is 0.0379. The van der Waals surface area contributed by atoms with Crippen LogP contribution in [0.15, 0.2) is 100 Å². The fourth-order valence-electron chi connectivity index (χ4n) is 11.2. The van der Waals surface area contributed by atoms with E-state index in [0.717, 1.165) is 159 Å². The van der Waals surface area contributed by atoms with Crippen molar-refractivity contribution < 1.29 is 48.1 Å². The van der Waals surface area contributed by atoms with Crippen molar-refractivity contribution in [2.75, 3.05) is 37.6 Å². The summed E-state index contributed by atoms with van der Waals surface area (Å²) in [6.45, 7) is 10.0. The zero-order valence-corrected chi connectivity index (χ0v) is 57.5. The van der Waals surface area contributed by atoms with Crippen LogP contribution >= 0.6 is 22.7 Å². The molecule has 97 heavy (non-hydrogen) atoms. The van der Waals surface area contributed by atoms with E-state index in [0.29, 0.717) is 69.2 Å². The highest BCUT2D eigenvalue weighted by Gasteiger charge is 2.29. The van der Waals surface area contributed by atoms with Gasteiger partial charge in [0.05, 0.1) is 54.6 Å². The highest BCUT2D eigenvalue weighted by molar-refractivity contribution is 7.15. The predicted octanol–water partition coefficient (Wildman–Crippen LogP) is 10.6. The molecule has 1 unspecified atom stereocenters. The second kappa shape index (κ2) is 36.8. The number of esters is 3. The number of aromatic nitrogens is 9. The van der Waals surface area contributed by atoms with E-state index in [9.17, 15) is 43.2 Å². The van der Waals surface area contributed by atoms with Gasteiger partial charge in [-0.1, -0.05) is 46.0 Å². The van der Waals surface area contributed by atoms with Gasteiger partial charge in [0.2, 0.25) is 0 Å². The number of carbonyl (C=O) groups excluding carboxylic acids is 5. The van der Waals surface area contributed by atoms with Gasteiger partial charge >= 0.3 is 23.9 Å². The number of ketones is 1. The zero-order chi connectivity index (χ0) is 70.1. The number of Topliss-reactive ketones (excluding diaryl/α,β-unsaturated/α-hetero) is 1. The molecule has 13 rings (SSSR count). The Morgan fingerprint density at radius 1 is 0.557 bits per heavy atom. The number of nitrogens with one attached hydrogen (secondary N) is 1. The van der Waals surface area contributed by atoms with Crippen molar-refractivity contribution in [2.45, 2.75) is 163 Å². The standard InChI is InChI=1S/C18H18N4O2S.C15H16N2O3.C14H14N2O3.C10H16O3.C7H8N2O2.C4H6N2S.C2H6/c1-11-10-19-18(25-11)21-16(23)12-7-8-22-15(9-12)20-14-6-4-2-3-5-13(14)17(22)24;1-20-15(19)10-7-8-17-13(9-10)16-12-6-4-2-3-5-11(12)14(17)18;17-13-10-4-2-1-3-5-11(10)15-12-8-9(14(18)19)6-7-16(12)13;1-2-13-10(12)8-6-4-3-5-7-9(8)11;1-11-7(10)5-2-3-9-6(8)4-5;1-3-2-6-4(5)7-3;1-2/h7-10H,2-6H2,1H3,(H,19,21,23);7-9H,2-6H2,1H3;6-8H,1-5H2,(H,18,19);8H,2-7H2,1H3;2-4H,1H3,(H2,8,9);2H,1H3,(H2,5,6);1-2H3. The summed E-state index contributed by atoms with van der Waals surface area (Å²) in [5.74, 6) is -2.50. The van der Waals surface area contributed by atoms with Crippen molar-refractivity contribution in [1.82, 2.24) is 43.1 Å². The molecule has 0 bridgehead atoms. The Morgan fingerprint density at radius 2 is 0.990 bits per heavy atom. The van der Waals surface area contributed by atoms with E-state index < -0.39 is 23.8 Å². The minimum atomic E-state index is -1.01. The molecular formula is C70H84N12O13S2. The Labute approximate surface area is 568 Å². The molecule has 9 heterocycles. The summed E-state index contributed by atoms with van der Waals surface area (Å²) >= 11 is 2.93. The number of rotatable bonds is 7. The fourth-order valence-corrected chi connectivity index (χ4v) is 12.4. The van der Waals surface area contributed by atoms with Crippen molar-refractivity contribution in [3.05, 3.63) is 183 Å². The van der Waals surface area contributed by atoms with Gasteiger partial charge in [-0.2, -0.15) is 0 Å². The van der Waals surface area contributed by atoms with Crippen molar-refractivity contribution in [3.8, 4) is 0 Å². The number of aromatic carboxylic acids is 1. The molecule has 4 aliphatic carbocycles. The summed E-state index contributed by atoms with van der Waals surface area (Å²) < 4.78 is 18.5. The first-order chi connectivity index (χ1) is 46.8. The summed E-state index contributed by atoms with van der Waals surface area (Å²) in [6, 6.07) is 12.4. The minimum Gasteiger partial charge on any atom is -0.478 e. The Kier molecular flexibility index (Phi) is 28.3. The third kappa shape index (κ3) is 20.6. The Bertz CT molecular complexity index is 4430. The maximum absolute atomic E-state index is 12.7. The van der Waals surface area contributed by atoms with Crippen LogP contribution in [0.4, 0.5) is 16.1 Å². The number of methoxy groups -OCH3 is 2. The van der Waals surface area contributed by atoms with Gasteiger partial charge in [-0.3, -0.25) is 47.3 Å². The summed E-state index contributed by atoms with van der Waals surface area (Å²) in [6.07, 6.45) is 28.3. The second-order valence-corrected chi connectivity index (χ2v) is 25.3. The number of nitrogens with two attached hydrogens (primary N) is 2. The van der Waals surface area contributed by atoms with Crippen LogP contribution in [0.25, 0.3) is 16.9 Å². The highest BCUT2D eigenvalue weighted by Crippen LogP contribution is 2.24. The number of anilines is 3. The minimum absolute atomic E-state index is 0.00981. The zero-order valence-electron chi connectivity index (χ0n) is 55.9. The van der Waals surface area contributed by atoms with Crippen LogP contribution in [0, 0.1) is 19.8 Å². The van der Waals surface area contributed by atoms with Crippen LogP contribution in [-0.4, -0.2) is 105 Å². The molecule has 0 radical (unpaired) electrons. The lowest BCUT2D eigenvalue weighted by Gasteiger charge is -2.10. The molecule has 25 nitrogen and oxygen atoms in total. The summed E-state index contributed by atoms with van der Waals surface area (Å²) in [7, 11) is 2.65. The van der Waals surface area contributed by atoms with Gasteiger partial charge in [-0.05, 0) is 159 Å². The number of aryl methyl sites for hydroxylation is 5. The van der Waals surface area contributed by atoms with Gasteiger partial charge in [0.25, 0.3) is 22.6 Å². The number of nitrogens with zero attached hydrogens (tertiary/aromatic N) is 9. The maximum atomic E-state index is 12.7. The number of carboxylic acid groups (broad SMARTS) is 1. The summed E-state index contributed by atoms with van der Waals surface area (Å²) in [5, 5.41) is 13.0. The lowest BCUT2D eigenvalue weighted by molar-refractivity contribution is -0.151. The fraction of sp³-hybridized carbons (Fsp3) is 0.414. The number of hydrogen-bond acceptors (Lipinski definition) is 22. The normalized spacial score (nSPS) is 14.5. The van der Waals surface area contributed by atoms with Crippen LogP contribution in [0.1, 0.15) is 196 Å². The Hall–Kier alpha value is -9.89. The number of amides is 1. The van der Waals surface area contributed by atoms with E-state index >= 15 is 0 Å². The van der Waals surface area contributed by atoms with E-state index in [1.54, 1.807) is 62.0 Å². The van der Waals surface area contributed by atoms with Crippen molar-refractivity contribution in [2.24, 2.45) is 5.92 Å². The van der Waals surface area contributed by atoms with Gasteiger partial charge in [0.1, 0.15) is 34.5 Å². The predicted molar refractivity (Wildman–Crippen MR) is 372 cm³/mol. The molecule has 27 heteroatoms. The van der Waals surface area contributed by atoms with Gasteiger partial charge in [0, 0.05) is 75.6 Å². The maximum Gasteiger partial charge on any atom is 0.338 e. The molecule has 0 spiro atoms. The molecule has 1 amide bonds. The Balaban J connectivity index is 0.000000169. The molecular weight excluding hydrogens is 1280 g/mol. The molecule has 0 aromatic carbocycles. The van der Waals surface area contributed by atoms with Crippen LogP contribution < -0.4 is 33.5 Å². The smallest absolute Gasteiger partial charge is 0.338 e. The lowest BCUT2D eigenvalue weighted by atomic mass is 9.99. The first kappa shape index (κ1) is 74.5. The topological polar surface area (TPSA) is 356 Å². The van der Waals surface area contributed by atoms with E-state index in [-0.39, 0.29) is 39.9 Å². The molecule has 9 aromatic heterocycles. The molecule has 1 atom stereocenters. The lowest BCUT2D eigenvalue weighted by Crippen LogP contribution is -2.24. The SMILES string of the molecule is CC.CCOC(=O)C1CCCCCC1=O.COC(=O)c1ccn2c(=O)c3c(nc2c1)CCCCC3.COC(=O)c1ccnc(N)c1.Cc1cnc(N)s1.Cc1cnc(NC(=O)c2ccn3c(=O)c4c(nc3c2)CCCCC4)s1.O=C(O)c1ccn2c(=O)c3c(nc2c1)CCCCC3. The monoisotopic (exact) mass is 1360 g/mol. The third-order valence-electron chi connectivity index (χ3n) is 16.0. The van der Waals surface area contributed by atoms with E-state index in [1.165, 1.54) is 80.7 Å². The summed E-state index contributed by atoms with van der Waals surface area (Å²) in [5.41, 5.74) is 18.5. The number of carboxylic acids is 1.